The van der Waals surface area contributed by atoms with Crippen molar-refractivity contribution in [1.29, 1.82) is 0 Å². The summed E-state index contributed by atoms with van der Waals surface area (Å²) in [4.78, 5) is 31.6. The highest BCUT2D eigenvalue weighted by Gasteiger charge is 2.17. The quantitative estimate of drug-likeness (QED) is 0.321. The topological polar surface area (TPSA) is 64.0 Å². The number of amides is 1. The first-order chi connectivity index (χ1) is 12.4. The Hall–Kier alpha value is -1.39. The van der Waals surface area contributed by atoms with Crippen LogP contribution in [0, 0.1) is 17.4 Å². The molecule has 0 bridgehead atoms. The predicted molar refractivity (Wildman–Crippen MR) is 118 cm³/mol. The fourth-order valence-electron chi connectivity index (χ4n) is 2.58. The second kappa shape index (κ2) is 8.10. The van der Waals surface area contributed by atoms with Crippen LogP contribution >= 0.6 is 45.7 Å². The van der Waals surface area contributed by atoms with Crippen molar-refractivity contribution >= 4 is 67.5 Å². The predicted octanol–water partition coefficient (Wildman–Crippen LogP) is 4.43. The first kappa shape index (κ1) is 19.4. The number of aromatic nitrogens is 2. The number of aryl methyl sites for hydroxylation is 2. The maximum Gasteiger partial charge on any atom is 0.263 e. The molecule has 0 spiro atoms. The molecule has 136 valence electrons. The zero-order chi connectivity index (χ0) is 18.8. The highest BCUT2D eigenvalue weighted by molar-refractivity contribution is 14.1. The molecule has 3 aromatic rings. The Morgan fingerprint density at radius 1 is 1.35 bits per heavy atom. The molecule has 0 radical (unpaired) electrons. The number of carbonyl (C=O) groups excluding carboxylic acids is 1. The molecule has 3 rings (SSSR count). The van der Waals surface area contributed by atoms with Crippen molar-refractivity contribution in [1.82, 2.24) is 9.55 Å². The van der Waals surface area contributed by atoms with Gasteiger partial charge in [0.1, 0.15) is 4.83 Å². The SMILES string of the molecule is CCn1c(SCC(=O)Nc2ccccc2I)nc2sc(C)c(C)c2c1=O. The van der Waals surface area contributed by atoms with Crippen LogP contribution in [0.2, 0.25) is 0 Å². The van der Waals surface area contributed by atoms with Crippen molar-refractivity contribution < 1.29 is 4.79 Å². The fraction of sp³-hybridized carbons (Fsp3) is 0.278. The van der Waals surface area contributed by atoms with Gasteiger partial charge in [-0.05, 0) is 61.1 Å². The Kier molecular flexibility index (Phi) is 6.03. The third-order valence-electron chi connectivity index (χ3n) is 4.05. The van der Waals surface area contributed by atoms with E-state index in [1.54, 1.807) is 4.57 Å². The van der Waals surface area contributed by atoms with Crippen LogP contribution in [0.4, 0.5) is 5.69 Å². The van der Waals surface area contributed by atoms with Crippen LogP contribution in [0.3, 0.4) is 0 Å². The molecule has 0 unspecified atom stereocenters. The highest BCUT2D eigenvalue weighted by Crippen LogP contribution is 2.28. The molecular formula is C18H18IN3O2S2. The van der Waals surface area contributed by atoms with Crippen LogP contribution in [-0.2, 0) is 11.3 Å². The Bertz CT molecular complexity index is 1040. The molecule has 5 nitrogen and oxygen atoms in total. The van der Waals surface area contributed by atoms with E-state index in [1.807, 2.05) is 45.0 Å². The van der Waals surface area contributed by atoms with E-state index in [4.69, 9.17) is 0 Å². The Morgan fingerprint density at radius 2 is 2.08 bits per heavy atom. The molecule has 2 heterocycles. The number of anilines is 1. The third-order valence-corrected chi connectivity index (χ3v) is 7.07. The Balaban J connectivity index is 1.83. The molecule has 0 fully saturated rings. The van der Waals surface area contributed by atoms with Crippen molar-refractivity contribution in [2.24, 2.45) is 0 Å². The number of benzene rings is 1. The summed E-state index contributed by atoms with van der Waals surface area (Å²) < 4.78 is 2.63. The van der Waals surface area contributed by atoms with Gasteiger partial charge in [-0.1, -0.05) is 23.9 Å². The van der Waals surface area contributed by atoms with Gasteiger partial charge in [-0.15, -0.1) is 11.3 Å². The van der Waals surface area contributed by atoms with Crippen molar-refractivity contribution in [2.75, 3.05) is 11.1 Å². The molecule has 0 aliphatic carbocycles. The van der Waals surface area contributed by atoms with Crippen molar-refractivity contribution in [2.45, 2.75) is 32.5 Å². The second-order valence-corrected chi connectivity index (χ2v) is 9.03. The molecular weight excluding hydrogens is 481 g/mol. The smallest absolute Gasteiger partial charge is 0.263 e. The molecule has 1 amide bonds. The van der Waals surface area contributed by atoms with Gasteiger partial charge in [-0.2, -0.15) is 0 Å². The number of carbonyl (C=O) groups is 1. The highest BCUT2D eigenvalue weighted by atomic mass is 127. The van der Waals surface area contributed by atoms with Crippen molar-refractivity contribution in [3.63, 3.8) is 0 Å². The third kappa shape index (κ3) is 3.81. The second-order valence-electron chi connectivity index (χ2n) is 5.72. The number of hydrogen-bond donors (Lipinski definition) is 1. The summed E-state index contributed by atoms with van der Waals surface area (Å²) in [6.45, 7) is 6.40. The number of rotatable bonds is 5. The van der Waals surface area contributed by atoms with Gasteiger partial charge >= 0.3 is 0 Å². The van der Waals surface area contributed by atoms with Gasteiger partial charge in [0, 0.05) is 15.0 Å². The van der Waals surface area contributed by atoms with Gasteiger partial charge in [0.15, 0.2) is 5.16 Å². The number of nitrogens with zero attached hydrogens (tertiary/aromatic N) is 2. The molecule has 26 heavy (non-hydrogen) atoms. The molecule has 0 saturated heterocycles. The lowest BCUT2D eigenvalue weighted by Gasteiger charge is -2.10. The van der Waals surface area contributed by atoms with E-state index >= 15 is 0 Å². The molecule has 0 atom stereocenters. The minimum atomic E-state index is -0.116. The van der Waals surface area contributed by atoms with E-state index < -0.39 is 0 Å². The summed E-state index contributed by atoms with van der Waals surface area (Å²) in [5.74, 6) is 0.0846. The van der Waals surface area contributed by atoms with Crippen molar-refractivity contribution in [3.8, 4) is 0 Å². The van der Waals surface area contributed by atoms with E-state index in [-0.39, 0.29) is 17.2 Å². The lowest BCUT2D eigenvalue weighted by atomic mass is 10.2. The van der Waals surface area contributed by atoms with E-state index in [2.05, 4.69) is 32.9 Å². The maximum absolute atomic E-state index is 12.8. The van der Waals surface area contributed by atoms with Gasteiger partial charge in [0.25, 0.3) is 5.56 Å². The largest absolute Gasteiger partial charge is 0.324 e. The van der Waals surface area contributed by atoms with Crippen LogP contribution in [0.15, 0.2) is 34.2 Å². The van der Waals surface area contributed by atoms with Crippen LogP contribution in [0.25, 0.3) is 10.2 Å². The van der Waals surface area contributed by atoms with Crippen LogP contribution < -0.4 is 10.9 Å². The standard InChI is InChI=1S/C18H18IN3O2S2/c1-4-22-17(24)15-10(2)11(3)26-16(15)21-18(22)25-9-14(23)20-13-8-6-5-7-12(13)19/h5-8H,4,9H2,1-3H3,(H,20,23). The number of fused-ring (bicyclic) bond motifs is 1. The van der Waals surface area contributed by atoms with Crippen LogP contribution in [0.1, 0.15) is 17.4 Å². The molecule has 0 aliphatic heterocycles. The lowest BCUT2D eigenvalue weighted by molar-refractivity contribution is -0.113. The Morgan fingerprint density at radius 3 is 2.77 bits per heavy atom. The molecule has 1 N–H and O–H groups in total. The fourth-order valence-corrected chi connectivity index (χ4v) is 5.03. The summed E-state index contributed by atoms with van der Waals surface area (Å²) in [5, 5.41) is 4.19. The molecule has 0 saturated carbocycles. The average Bonchev–Trinajstić information content (AvgIpc) is 2.89. The zero-order valence-corrected chi connectivity index (χ0v) is 18.4. The van der Waals surface area contributed by atoms with Crippen LogP contribution in [0.5, 0.6) is 0 Å². The minimum absolute atomic E-state index is 0.0279. The number of thioether (sulfide) groups is 1. The molecule has 0 aliphatic rings. The van der Waals surface area contributed by atoms with Gasteiger partial charge in [-0.3, -0.25) is 14.2 Å². The van der Waals surface area contributed by atoms with Gasteiger partial charge in [0.2, 0.25) is 5.91 Å². The maximum atomic E-state index is 12.8. The summed E-state index contributed by atoms with van der Waals surface area (Å²) in [6, 6.07) is 7.62. The number of nitrogens with one attached hydrogen (secondary N) is 1. The van der Waals surface area contributed by atoms with E-state index in [0.29, 0.717) is 17.1 Å². The summed E-state index contributed by atoms with van der Waals surface area (Å²) in [7, 11) is 0. The van der Waals surface area contributed by atoms with Gasteiger partial charge in [0.05, 0.1) is 16.8 Å². The van der Waals surface area contributed by atoms with Crippen molar-refractivity contribution in [3.05, 3.63) is 48.6 Å². The van der Waals surface area contributed by atoms with Gasteiger partial charge < -0.3 is 5.32 Å². The molecule has 2 aromatic heterocycles. The molecule has 8 heteroatoms. The number of halogens is 1. The number of para-hydroxylation sites is 1. The average molecular weight is 499 g/mol. The lowest BCUT2D eigenvalue weighted by Crippen LogP contribution is -2.23. The summed E-state index contributed by atoms with van der Waals surface area (Å²) in [5.41, 5.74) is 1.76. The normalized spacial score (nSPS) is 11.1. The first-order valence-electron chi connectivity index (χ1n) is 8.10. The van der Waals surface area contributed by atoms with E-state index in [9.17, 15) is 9.59 Å². The minimum Gasteiger partial charge on any atom is -0.324 e. The van der Waals surface area contributed by atoms with E-state index in [0.717, 1.165) is 24.5 Å². The van der Waals surface area contributed by atoms with Crippen LogP contribution in [-0.4, -0.2) is 21.2 Å². The first-order valence-corrected chi connectivity index (χ1v) is 11.0. The van der Waals surface area contributed by atoms with Gasteiger partial charge in [-0.25, -0.2) is 4.98 Å². The Labute approximate surface area is 173 Å². The summed E-state index contributed by atoms with van der Waals surface area (Å²) in [6.07, 6.45) is 0. The zero-order valence-electron chi connectivity index (χ0n) is 14.6. The van der Waals surface area contributed by atoms with E-state index in [1.165, 1.54) is 23.1 Å². The monoisotopic (exact) mass is 499 g/mol. The number of thiophene rings is 1. The summed E-state index contributed by atoms with van der Waals surface area (Å²) >= 11 is 5.00. The molecule has 1 aromatic carbocycles. The number of hydrogen-bond acceptors (Lipinski definition) is 5.